The number of hydrogen-bond donors (Lipinski definition) is 2. The van der Waals surface area contributed by atoms with Crippen molar-refractivity contribution >= 4 is 11.6 Å². The van der Waals surface area contributed by atoms with Gasteiger partial charge >= 0.3 is 0 Å². The van der Waals surface area contributed by atoms with Gasteiger partial charge in [-0.05, 0) is 24.3 Å². The van der Waals surface area contributed by atoms with Gasteiger partial charge in [-0.25, -0.2) is 0 Å². The number of pyridine rings is 1. The van der Waals surface area contributed by atoms with E-state index in [0.717, 1.165) is 5.69 Å². The molecular weight excluding hydrogens is 320 g/mol. The van der Waals surface area contributed by atoms with Crippen LogP contribution in [0.4, 0.5) is 5.69 Å². The fourth-order valence-corrected chi connectivity index (χ4v) is 2.02. The molecule has 1 aromatic carbocycles. The molecule has 0 unspecified atom stereocenters. The van der Waals surface area contributed by atoms with Gasteiger partial charge in [-0.15, -0.1) is 0 Å². The molecule has 0 saturated carbocycles. The molecule has 0 aliphatic carbocycles. The third-order valence-corrected chi connectivity index (χ3v) is 3.26. The van der Waals surface area contributed by atoms with E-state index in [1.807, 2.05) is 24.3 Å². The third kappa shape index (κ3) is 4.97. The number of anilines is 1. The Hall–Kier alpha value is -3.53. The fourth-order valence-electron chi connectivity index (χ4n) is 2.02. The van der Waals surface area contributed by atoms with Crippen LogP contribution in [-0.4, -0.2) is 25.1 Å². The Kier molecular flexibility index (Phi) is 6.37. The maximum Gasteiger partial charge on any atom is 0.267 e. The highest BCUT2D eigenvalue weighted by Gasteiger charge is 2.11. The van der Waals surface area contributed by atoms with Crippen molar-refractivity contribution < 1.29 is 14.3 Å². The molecule has 0 bridgehead atoms. The van der Waals surface area contributed by atoms with Gasteiger partial charge in [0, 0.05) is 24.2 Å². The lowest BCUT2D eigenvalue weighted by Gasteiger charge is -2.10. The number of rotatable bonds is 7. The second-order valence-corrected chi connectivity index (χ2v) is 4.90. The number of benzene rings is 1. The van der Waals surface area contributed by atoms with Crippen LogP contribution < -0.4 is 20.1 Å². The Labute approximate surface area is 145 Å². The fraction of sp³-hybridized carbons (Fsp3) is 0.167. The zero-order valence-corrected chi connectivity index (χ0v) is 13.9. The summed E-state index contributed by atoms with van der Waals surface area (Å²) in [5.74, 6) is 0.507. The van der Waals surface area contributed by atoms with Crippen molar-refractivity contribution in [2.45, 2.75) is 6.54 Å². The van der Waals surface area contributed by atoms with Crippen molar-refractivity contribution in [1.82, 2.24) is 10.3 Å². The second-order valence-electron chi connectivity index (χ2n) is 4.90. The van der Waals surface area contributed by atoms with Gasteiger partial charge in [0.2, 0.25) is 0 Å². The standard InChI is InChI=1S/C18H18N4O3/c1-24-16-7-6-14(9-17(16)25-2)22-18(23)13(10-19)11-20-12-15-5-3-4-8-21-15/h3-9,11,20H,12H2,1-2H3,(H,22,23)/b13-11-. The van der Waals surface area contributed by atoms with E-state index < -0.39 is 5.91 Å². The molecule has 7 heteroatoms. The first kappa shape index (κ1) is 17.8. The van der Waals surface area contributed by atoms with Crippen LogP contribution in [0, 0.1) is 11.3 Å². The highest BCUT2D eigenvalue weighted by Crippen LogP contribution is 2.29. The van der Waals surface area contributed by atoms with Crippen LogP contribution in [0.3, 0.4) is 0 Å². The maximum atomic E-state index is 12.2. The van der Waals surface area contributed by atoms with E-state index in [-0.39, 0.29) is 5.57 Å². The van der Waals surface area contributed by atoms with Gasteiger partial charge in [-0.2, -0.15) is 5.26 Å². The van der Waals surface area contributed by atoms with Crippen molar-refractivity contribution in [3.05, 3.63) is 60.1 Å². The summed E-state index contributed by atoms with van der Waals surface area (Å²) in [6.07, 6.45) is 3.04. The molecule has 0 aliphatic heterocycles. The minimum absolute atomic E-state index is 0.0503. The maximum absolute atomic E-state index is 12.2. The van der Waals surface area contributed by atoms with Crippen LogP contribution >= 0.6 is 0 Å². The minimum atomic E-state index is -0.525. The average Bonchev–Trinajstić information content (AvgIpc) is 2.65. The molecule has 0 saturated heterocycles. The summed E-state index contributed by atoms with van der Waals surface area (Å²) in [6.45, 7) is 0.412. The van der Waals surface area contributed by atoms with Gasteiger partial charge in [-0.3, -0.25) is 9.78 Å². The Morgan fingerprint density at radius 2 is 2.04 bits per heavy atom. The highest BCUT2D eigenvalue weighted by atomic mass is 16.5. The molecule has 1 heterocycles. The van der Waals surface area contributed by atoms with Crippen molar-refractivity contribution in [3.8, 4) is 17.6 Å². The van der Waals surface area contributed by atoms with Crippen LogP contribution in [0.1, 0.15) is 5.69 Å². The molecule has 7 nitrogen and oxygen atoms in total. The van der Waals surface area contributed by atoms with Crippen molar-refractivity contribution in [1.29, 1.82) is 5.26 Å². The van der Waals surface area contributed by atoms with Gasteiger partial charge < -0.3 is 20.1 Å². The summed E-state index contributed by atoms with van der Waals surface area (Å²) >= 11 is 0. The molecule has 2 N–H and O–H groups in total. The van der Waals surface area contributed by atoms with Gasteiger partial charge in [-0.1, -0.05) is 6.07 Å². The van der Waals surface area contributed by atoms with E-state index >= 15 is 0 Å². The Balaban J connectivity index is 2.02. The zero-order chi connectivity index (χ0) is 18.1. The van der Waals surface area contributed by atoms with E-state index in [1.54, 1.807) is 24.4 Å². The lowest BCUT2D eigenvalue weighted by molar-refractivity contribution is -0.112. The van der Waals surface area contributed by atoms with Gasteiger partial charge in [0.05, 0.1) is 26.5 Å². The number of carbonyl (C=O) groups is 1. The lowest BCUT2D eigenvalue weighted by Crippen LogP contribution is -2.17. The molecule has 25 heavy (non-hydrogen) atoms. The molecule has 0 atom stereocenters. The molecule has 1 aromatic heterocycles. The van der Waals surface area contributed by atoms with E-state index in [9.17, 15) is 10.1 Å². The number of nitrogens with zero attached hydrogens (tertiary/aromatic N) is 2. The number of amides is 1. The molecule has 2 rings (SSSR count). The largest absolute Gasteiger partial charge is 0.493 e. The molecule has 0 fully saturated rings. The van der Waals surface area contributed by atoms with Gasteiger partial charge in [0.15, 0.2) is 11.5 Å². The second kappa shape index (κ2) is 8.93. The number of aromatic nitrogens is 1. The average molecular weight is 338 g/mol. The molecule has 0 radical (unpaired) electrons. The van der Waals surface area contributed by atoms with Gasteiger partial charge in [0.25, 0.3) is 5.91 Å². The Morgan fingerprint density at radius 3 is 2.68 bits per heavy atom. The first-order chi connectivity index (χ1) is 12.2. The molecule has 0 spiro atoms. The molecular formula is C18H18N4O3. The number of nitrogens with one attached hydrogen (secondary N) is 2. The number of methoxy groups -OCH3 is 2. The molecule has 0 aliphatic rings. The summed E-state index contributed by atoms with van der Waals surface area (Å²) in [5, 5.41) is 14.7. The van der Waals surface area contributed by atoms with Crippen molar-refractivity contribution in [2.24, 2.45) is 0 Å². The monoisotopic (exact) mass is 338 g/mol. The Morgan fingerprint density at radius 1 is 1.24 bits per heavy atom. The topological polar surface area (TPSA) is 96.3 Å². The molecule has 2 aromatic rings. The predicted octanol–water partition coefficient (Wildman–Crippen LogP) is 2.23. The summed E-state index contributed by atoms with van der Waals surface area (Å²) in [5.41, 5.74) is 1.25. The van der Waals surface area contributed by atoms with E-state index in [4.69, 9.17) is 9.47 Å². The minimum Gasteiger partial charge on any atom is -0.493 e. The summed E-state index contributed by atoms with van der Waals surface area (Å²) in [6, 6.07) is 12.3. The highest BCUT2D eigenvalue weighted by molar-refractivity contribution is 6.06. The summed E-state index contributed by atoms with van der Waals surface area (Å²) in [4.78, 5) is 16.4. The quantitative estimate of drug-likeness (QED) is 0.594. The first-order valence-corrected chi connectivity index (χ1v) is 7.45. The lowest BCUT2D eigenvalue weighted by atomic mass is 10.2. The zero-order valence-electron chi connectivity index (χ0n) is 13.9. The van der Waals surface area contributed by atoms with E-state index in [0.29, 0.717) is 23.7 Å². The number of ether oxygens (including phenoxy) is 2. The van der Waals surface area contributed by atoms with Crippen molar-refractivity contribution in [3.63, 3.8) is 0 Å². The van der Waals surface area contributed by atoms with E-state index in [1.165, 1.54) is 20.4 Å². The van der Waals surface area contributed by atoms with Gasteiger partial charge in [0.1, 0.15) is 11.6 Å². The van der Waals surface area contributed by atoms with Crippen LogP contribution in [0.2, 0.25) is 0 Å². The molecule has 128 valence electrons. The SMILES string of the molecule is COc1ccc(NC(=O)/C(C#N)=C\NCc2ccccn2)cc1OC. The smallest absolute Gasteiger partial charge is 0.267 e. The summed E-state index contributed by atoms with van der Waals surface area (Å²) in [7, 11) is 3.03. The van der Waals surface area contributed by atoms with E-state index in [2.05, 4.69) is 15.6 Å². The number of carbonyl (C=O) groups excluding carboxylic acids is 1. The Bertz CT molecular complexity index is 798. The summed E-state index contributed by atoms with van der Waals surface area (Å²) < 4.78 is 10.3. The molecule has 1 amide bonds. The van der Waals surface area contributed by atoms with Crippen LogP contribution in [0.15, 0.2) is 54.4 Å². The number of hydrogen-bond acceptors (Lipinski definition) is 6. The first-order valence-electron chi connectivity index (χ1n) is 7.45. The predicted molar refractivity (Wildman–Crippen MR) is 92.9 cm³/mol. The third-order valence-electron chi connectivity index (χ3n) is 3.26. The van der Waals surface area contributed by atoms with Crippen molar-refractivity contribution in [2.75, 3.05) is 19.5 Å². The number of nitriles is 1. The van der Waals surface area contributed by atoms with Crippen LogP contribution in [0.25, 0.3) is 0 Å². The normalized spacial score (nSPS) is 10.5. The van der Waals surface area contributed by atoms with Crippen LogP contribution in [0.5, 0.6) is 11.5 Å². The van der Waals surface area contributed by atoms with Crippen LogP contribution in [-0.2, 0) is 11.3 Å².